The van der Waals surface area contributed by atoms with Crippen molar-refractivity contribution in [3.63, 3.8) is 0 Å². The average molecular weight is 370 g/mol. The predicted octanol–water partition coefficient (Wildman–Crippen LogP) is 2.57. The first-order valence-corrected chi connectivity index (χ1v) is 8.95. The first-order chi connectivity index (χ1) is 13.1. The van der Waals surface area contributed by atoms with Crippen molar-refractivity contribution in [3.05, 3.63) is 59.7 Å². The number of benzene rings is 2. The van der Waals surface area contributed by atoms with Gasteiger partial charge in [0.1, 0.15) is 11.5 Å². The van der Waals surface area contributed by atoms with Gasteiger partial charge in [-0.25, -0.2) is 0 Å². The number of nitrogens with one attached hydrogen (secondary N) is 2. The van der Waals surface area contributed by atoms with E-state index in [-0.39, 0.29) is 11.8 Å². The highest BCUT2D eigenvalue weighted by Crippen LogP contribution is 2.17. The molecule has 6 heteroatoms. The van der Waals surface area contributed by atoms with Crippen molar-refractivity contribution in [1.29, 1.82) is 0 Å². The number of hydrogen-bond donors (Lipinski definition) is 2. The minimum atomic E-state index is -0.158. The maximum Gasteiger partial charge on any atom is 0.251 e. The van der Waals surface area contributed by atoms with Crippen molar-refractivity contribution >= 4 is 11.8 Å². The van der Waals surface area contributed by atoms with E-state index in [1.807, 2.05) is 24.3 Å². The van der Waals surface area contributed by atoms with E-state index in [1.54, 1.807) is 38.5 Å². The Morgan fingerprint density at radius 3 is 2.33 bits per heavy atom. The van der Waals surface area contributed by atoms with Crippen molar-refractivity contribution in [2.45, 2.75) is 19.3 Å². The average Bonchev–Trinajstić information content (AvgIpc) is 2.71. The molecule has 0 aliphatic carbocycles. The van der Waals surface area contributed by atoms with Crippen LogP contribution in [0.5, 0.6) is 11.5 Å². The molecule has 2 aromatic carbocycles. The minimum absolute atomic E-state index is 0.0244. The largest absolute Gasteiger partial charge is 0.497 e. The van der Waals surface area contributed by atoms with Crippen molar-refractivity contribution in [3.8, 4) is 11.5 Å². The molecule has 0 aliphatic rings. The van der Waals surface area contributed by atoms with Crippen LogP contribution < -0.4 is 20.1 Å². The van der Waals surface area contributed by atoms with Gasteiger partial charge >= 0.3 is 0 Å². The third-order valence-corrected chi connectivity index (χ3v) is 4.13. The Morgan fingerprint density at radius 1 is 0.889 bits per heavy atom. The second-order valence-corrected chi connectivity index (χ2v) is 6.00. The highest BCUT2D eigenvalue weighted by Gasteiger charge is 2.07. The van der Waals surface area contributed by atoms with Crippen LogP contribution in [0.15, 0.2) is 48.5 Å². The summed E-state index contributed by atoms with van der Waals surface area (Å²) in [6.07, 6.45) is 1.67. The summed E-state index contributed by atoms with van der Waals surface area (Å²) in [5.74, 6) is 1.35. The van der Waals surface area contributed by atoms with E-state index in [1.165, 1.54) is 0 Å². The molecule has 2 N–H and O–H groups in total. The Labute approximate surface area is 159 Å². The molecule has 0 radical (unpaired) electrons. The maximum atomic E-state index is 12.0. The normalized spacial score (nSPS) is 10.1. The fourth-order valence-electron chi connectivity index (χ4n) is 2.63. The molecule has 2 rings (SSSR count). The third kappa shape index (κ3) is 6.66. The lowest BCUT2D eigenvalue weighted by Gasteiger charge is -2.09. The number of para-hydroxylation sites is 1. The van der Waals surface area contributed by atoms with E-state index in [0.717, 1.165) is 11.3 Å². The molecule has 0 aromatic heterocycles. The van der Waals surface area contributed by atoms with Crippen molar-refractivity contribution < 1.29 is 19.1 Å². The lowest BCUT2D eigenvalue weighted by atomic mass is 10.1. The van der Waals surface area contributed by atoms with E-state index in [0.29, 0.717) is 43.7 Å². The molecule has 0 bridgehead atoms. The van der Waals surface area contributed by atoms with Crippen LogP contribution in [-0.2, 0) is 11.2 Å². The molecule has 2 amide bonds. The molecule has 144 valence electrons. The van der Waals surface area contributed by atoms with E-state index >= 15 is 0 Å². The molecule has 0 aliphatic heterocycles. The van der Waals surface area contributed by atoms with E-state index < -0.39 is 0 Å². The van der Waals surface area contributed by atoms with Crippen LogP contribution in [0.4, 0.5) is 0 Å². The Hall–Kier alpha value is -3.02. The molecule has 6 nitrogen and oxygen atoms in total. The highest BCUT2D eigenvalue weighted by molar-refractivity contribution is 5.94. The molecule has 0 fully saturated rings. The summed E-state index contributed by atoms with van der Waals surface area (Å²) in [5.41, 5.74) is 1.63. The summed E-state index contributed by atoms with van der Waals surface area (Å²) in [5, 5.41) is 5.71. The van der Waals surface area contributed by atoms with Gasteiger partial charge in [0.05, 0.1) is 14.2 Å². The van der Waals surface area contributed by atoms with Crippen LogP contribution in [-0.4, -0.2) is 39.1 Å². The predicted molar refractivity (Wildman–Crippen MR) is 104 cm³/mol. The molecule has 0 saturated heterocycles. The Morgan fingerprint density at radius 2 is 1.63 bits per heavy atom. The van der Waals surface area contributed by atoms with Crippen LogP contribution in [0, 0.1) is 0 Å². The van der Waals surface area contributed by atoms with Crippen LogP contribution >= 0.6 is 0 Å². The number of rotatable bonds is 10. The molecule has 2 aromatic rings. The first kappa shape index (κ1) is 20.3. The van der Waals surface area contributed by atoms with E-state index in [9.17, 15) is 9.59 Å². The maximum absolute atomic E-state index is 12.0. The lowest BCUT2D eigenvalue weighted by molar-refractivity contribution is -0.121. The van der Waals surface area contributed by atoms with Crippen LogP contribution in [0.2, 0.25) is 0 Å². The Balaban J connectivity index is 1.62. The number of amides is 2. The molecule has 0 spiro atoms. The summed E-state index contributed by atoms with van der Waals surface area (Å²) >= 11 is 0. The second-order valence-electron chi connectivity index (χ2n) is 6.00. The topological polar surface area (TPSA) is 76.7 Å². The standard InChI is InChI=1S/C21H26N2O4/c1-26-18-11-9-17(10-12-18)21(25)23-14-5-8-20(24)22-15-13-16-6-3-4-7-19(16)27-2/h3-4,6-7,9-12H,5,8,13-15H2,1-2H3,(H,22,24)(H,23,25). The van der Waals surface area contributed by atoms with Gasteiger partial charge in [-0.05, 0) is 48.7 Å². The molecule has 0 unspecified atom stereocenters. The fourth-order valence-corrected chi connectivity index (χ4v) is 2.63. The monoisotopic (exact) mass is 370 g/mol. The first-order valence-electron chi connectivity index (χ1n) is 8.95. The van der Waals surface area contributed by atoms with Gasteiger partial charge < -0.3 is 20.1 Å². The third-order valence-electron chi connectivity index (χ3n) is 4.13. The summed E-state index contributed by atoms with van der Waals surface area (Å²) < 4.78 is 10.4. The summed E-state index contributed by atoms with van der Waals surface area (Å²) in [4.78, 5) is 23.9. The Bertz CT molecular complexity index is 744. The number of methoxy groups -OCH3 is 2. The van der Waals surface area contributed by atoms with E-state index in [2.05, 4.69) is 10.6 Å². The molecule has 0 atom stereocenters. The SMILES string of the molecule is COc1ccc(C(=O)NCCCC(=O)NCCc2ccccc2OC)cc1. The quantitative estimate of drug-likeness (QED) is 0.630. The lowest BCUT2D eigenvalue weighted by Crippen LogP contribution is -2.28. The molecule has 0 heterocycles. The van der Waals surface area contributed by atoms with Gasteiger partial charge in [-0.15, -0.1) is 0 Å². The number of carbonyl (C=O) groups excluding carboxylic acids is 2. The molecule has 0 saturated carbocycles. The summed E-state index contributed by atoms with van der Waals surface area (Å²) in [7, 11) is 3.22. The van der Waals surface area contributed by atoms with E-state index in [4.69, 9.17) is 9.47 Å². The molecular formula is C21H26N2O4. The number of hydrogen-bond acceptors (Lipinski definition) is 4. The zero-order valence-corrected chi connectivity index (χ0v) is 15.8. The van der Waals surface area contributed by atoms with Crippen LogP contribution in [0.1, 0.15) is 28.8 Å². The van der Waals surface area contributed by atoms with Gasteiger partial charge in [-0.3, -0.25) is 9.59 Å². The zero-order valence-electron chi connectivity index (χ0n) is 15.8. The summed E-state index contributed by atoms with van der Waals surface area (Å²) in [6.45, 7) is 1.00. The van der Waals surface area contributed by atoms with Crippen LogP contribution in [0.3, 0.4) is 0 Å². The van der Waals surface area contributed by atoms with Crippen molar-refractivity contribution in [1.82, 2.24) is 10.6 Å². The van der Waals surface area contributed by atoms with Gasteiger partial charge in [-0.1, -0.05) is 18.2 Å². The van der Waals surface area contributed by atoms with Gasteiger partial charge in [-0.2, -0.15) is 0 Å². The smallest absolute Gasteiger partial charge is 0.251 e. The summed E-state index contributed by atoms with van der Waals surface area (Å²) in [6, 6.07) is 14.7. The van der Waals surface area contributed by atoms with Gasteiger partial charge in [0.2, 0.25) is 5.91 Å². The van der Waals surface area contributed by atoms with Crippen molar-refractivity contribution in [2.75, 3.05) is 27.3 Å². The van der Waals surface area contributed by atoms with Crippen LogP contribution in [0.25, 0.3) is 0 Å². The fraction of sp³-hybridized carbons (Fsp3) is 0.333. The Kier molecular flexibility index (Phi) is 8.16. The highest BCUT2D eigenvalue weighted by atomic mass is 16.5. The number of ether oxygens (including phenoxy) is 2. The molecular weight excluding hydrogens is 344 g/mol. The second kappa shape index (κ2) is 10.9. The minimum Gasteiger partial charge on any atom is -0.497 e. The van der Waals surface area contributed by atoms with Gasteiger partial charge in [0, 0.05) is 25.1 Å². The van der Waals surface area contributed by atoms with Gasteiger partial charge in [0.25, 0.3) is 5.91 Å². The van der Waals surface area contributed by atoms with Gasteiger partial charge in [0.15, 0.2) is 0 Å². The zero-order chi connectivity index (χ0) is 19.5. The van der Waals surface area contributed by atoms with Crippen molar-refractivity contribution in [2.24, 2.45) is 0 Å². The molecule has 27 heavy (non-hydrogen) atoms. The number of carbonyl (C=O) groups is 2.